The average Bonchev–Trinajstić information content (AvgIpc) is 2.03. The fourth-order valence-electron chi connectivity index (χ4n) is 0.670. The van der Waals surface area contributed by atoms with E-state index < -0.39 is 0 Å². The Morgan fingerprint density at radius 1 is 1.64 bits per heavy atom. The second-order valence-corrected chi connectivity index (χ2v) is 2.48. The van der Waals surface area contributed by atoms with Crippen molar-refractivity contribution in [3.63, 3.8) is 0 Å². The summed E-state index contributed by atoms with van der Waals surface area (Å²) in [4.78, 5) is 0. The van der Waals surface area contributed by atoms with E-state index in [1.165, 1.54) is 0 Å². The summed E-state index contributed by atoms with van der Waals surface area (Å²) in [5, 5.41) is 8.20. The van der Waals surface area contributed by atoms with Crippen molar-refractivity contribution in [2.75, 3.05) is 0 Å². The zero-order valence-electron chi connectivity index (χ0n) is 6.29. The van der Waals surface area contributed by atoms with Crippen LogP contribution in [0.2, 0.25) is 5.02 Å². The van der Waals surface area contributed by atoms with E-state index in [1.807, 2.05) is 12.2 Å². The maximum Gasteiger partial charge on any atom is 0.104 e. The van der Waals surface area contributed by atoms with Crippen LogP contribution in [0.15, 0.2) is 18.3 Å². The SMILES string of the molecule is CC/C=C/c1nnccc1Cl. The molecular formula is C8H9ClN2. The van der Waals surface area contributed by atoms with Crippen LogP contribution < -0.4 is 0 Å². The number of nitrogens with zero attached hydrogens (tertiary/aromatic N) is 2. The Kier molecular flexibility index (Phi) is 3.05. The summed E-state index contributed by atoms with van der Waals surface area (Å²) in [5.74, 6) is 0. The Bertz CT molecular complexity index is 258. The second-order valence-electron chi connectivity index (χ2n) is 2.08. The molecule has 0 radical (unpaired) electrons. The first-order chi connectivity index (χ1) is 5.34. The minimum Gasteiger partial charge on any atom is -0.158 e. The first kappa shape index (κ1) is 8.21. The van der Waals surface area contributed by atoms with Crippen LogP contribution in [0.25, 0.3) is 6.08 Å². The van der Waals surface area contributed by atoms with E-state index in [0.29, 0.717) is 5.02 Å². The van der Waals surface area contributed by atoms with Crippen LogP contribution in [0.4, 0.5) is 0 Å². The molecule has 58 valence electrons. The van der Waals surface area contributed by atoms with Crippen molar-refractivity contribution in [1.29, 1.82) is 0 Å². The summed E-state index contributed by atoms with van der Waals surface area (Å²) in [5.41, 5.74) is 0.732. The first-order valence-electron chi connectivity index (χ1n) is 3.48. The van der Waals surface area contributed by atoms with Crippen LogP contribution in [0.5, 0.6) is 0 Å². The minimum absolute atomic E-state index is 0.643. The van der Waals surface area contributed by atoms with Gasteiger partial charge in [-0.1, -0.05) is 24.6 Å². The van der Waals surface area contributed by atoms with E-state index in [1.54, 1.807) is 12.3 Å². The highest BCUT2D eigenvalue weighted by atomic mass is 35.5. The van der Waals surface area contributed by atoms with E-state index >= 15 is 0 Å². The molecule has 0 fully saturated rings. The van der Waals surface area contributed by atoms with Gasteiger partial charge in [-0.3, -0.25) is 0 Å². The fraction of sp³-hybridized carbons (Fsp3) is 0.250. The van der Waals surface area contributed by atoms with Crippen molar-refractivity contribution in [2.45, 2.75) is 13.3 Å². The van der Waals surface area contributed by atoms with Crippen LogP contribution in [0.1, 0.15) is 19.0 Å². The minimum atomic E-state index is 0.643. The van der Waals surface area contributed by atoms with Gasteiger partial charge in [0, 0.05) is 0 Å². The fourth-order valence-corrected chi connectivity index (χ4v) is 0.827. The molecule has 0 N–H and O–H groups in total. The molecule has 0 unspecified atom stereocenters. The average molecular weight is 169 g/mol. The lowest BCUT2D eigenvalue weighted by Crippen LogP contribution is -1.84. The molecule has 0 aliphatic heterocycles. The zero-order valence-corrected chi connectivity index (χ0v) is 7.04. The van der Waals surface area contributed by atoms with Crippen molar-refractivity contribution in [3.05, 3.63) is 29.1 Å². The lowest BCUT2D eigenvalue weighted by Gasteiger charge is -1.92. The van der Waals surface area contributed by atoms with Crippen molar-refractivity contribution in [1.82, 2.24) is 10.2 Å². The summed E-state index contributed by atoms with van der Waals surface area (Å²) in [7, 11) is 0. The maximum absolute atomic E-state index is 5.81. The van der Waals surface area contributed by atoms with E-state index in [9.17, 15) is 0 Å². The summed E-state index contributed by atoms with van der Waals surface area (Å²) < 4.78 is 0. The van der Waals surface area contributed by atoms with Gasteiger partial charge in [-0.05, 0) is 18.6 Å². The third-order valence-corrected chi connectivity index (χ3v) is 1.53. The molecule has 0 aliphatic rings. The molecule has 2 nitrogen and oxygen atoms in total. The van der Waals surface area contributed by atoms with Crippen LogP contribution in [-0.2, 0) is 0 Å². The van der Waals surface area contributed by atoms with Gasteiger partial charge in [-0.15, -0.1) is 5.10 Å². The Hall–Kier alpha value is -0.890. The molecule has 0 aromatic carbocycles. The normalized spacial score (nSPS) is 10.7. The summed E-state index contributed by atoms with van der Waals surface area (Å²) in [6.07, 6.45) is 6.42. The Labute approximate surface area is 70.9 Å². The maximum atomic E-state index is 5.81. The van der Waals surface area contributed by atoms with Gasteiger partial charge in [0.05, 0.1) is 11.2 Å². The van der Waals surface area contributed by atoms with Gasteiger partial charge in [0.2, 0.25) is 0 Å². The van der Waals surface area contributed by atoms with Gasteiger partial charge >= 0.3 is 0 Å². The topological polar surface area (TPSA) is 25.8 Å². The first-order valence-corrected chi connectivity index (χ1v) is 3.86. The predicted octanol–water partition coefficient (Wildman–Crippen LogP) is 2.55. The monoisotopic (exact) mass is 168 g/mol. The number of rotatable bonds is 2. The van der Waals surface area contributed by atoms with Gasteiger partial charge < -0.3 is 0 Å². The van der Waals surface area contributed by atoms with Crippen molar-refractivity contribution < 1.29 is 0 Å². The molecule has 0 saturated carbocycles. The number of hydrogen-bond donors (Lipinski definition) is 0. The van der Waals surface area contributed by atoms with Crippen LogP contribution >= 0.6 is 11.6 Å². The molecule has 0 amide bonds. The van der Waals surface area contributed by atoms with E-state index in [4.69, 9.17) is 11.6 Å². The van der Waals surface area contributed by atoms with E-state index in [2.05, 4.69) is 17.1 Å². The van der Waals surface area contributed by atoms with Crippen LogP contribution in [0, 0.1) is 0 Å². The Morgan fingerprint density at radius 3 is 3.09 bits per heavy atom. The smallest absolute Gasteiger partial charge is 0.104 e. The lowest BCUT2D eigenvalue weighted by molar-refractivity contribution is 1.02. The van der Waals surface area contributed by atoms with Crippen LogP contribution in [-0.4, -0.2) is 10.2 Å². The second kappa shape index (κ2) is 4.09. The molecule has 0 saturated heterocycles. The zero-order chi connectivity index (χ0) is 8.10. The predicted molar refractivity (Wildman–Crippen MR) is 46.4 cm³/mol. The van der Waals surface area contributed by atoms with E-state index in [-0.39, 0.29) is 0 Å². The molecule has 0 atom stereocenters. The van der Waals surface area contributed by atoms with E-state index in [0.717, 1.165) is 12.1 Å². The van der Waals surface area contributed by atoms with Gasteiger partial charge in [0.25, 0.3) is 0 Å². The molecule has 0 spiro atoms. The largest absolute Gasteiger partial charge is 0.158 e. The molecule has 11 heavy (non-hydrogen) atoms. The molecule has 1 aromatic heterocycles. The molecule has 1 aromatic rings. The lowest BCUT2D eigenvalue weighted by atomic mass is 10.3. The Balaban J connectivity index is 2.86. The summed E-state index contributed by atoms with van der Waals surface area (Å²) in [6.45, 7) is 2.06. The molecule has 1 heterocycles. The quantitative estimate of drug-likeness (QED) is 0.679. The van der Waals surface area contributed by atoms with Gasteiger partial charge in [0.15, 0.2) is 0 Å². The number of aromatic nitrogens is 2. The number of hydrogen-bond acceptors (Lipinski definition) is 2. The molecular weight excluding hydrogens is 160 g/mol. The highest BCUT2D eigenvalue weighted by molar-refractivity contribution is 6.31. The standard InChI is InChI=1S/C8H9ClN2/c1-2-3-4-8-7(9)5-6-10-11-8/h3-6H,2H2,1H3/b4-3+. The summed E-state index contributed by atoms with van der Waals surface area (Å²) in [6, 6.07) is 1.73. The van der Waals surface area contributed by atoms with Crippen LogP contribution in [0.3, 0.4) is 0 Å². The number of allylic oxidation sites excluding steroid dienone is 1. The van der Waals surface area contributed by atoms with Gasteiger partial charge in [0.1, 0.15) is 5.69 Å². The van der Waals surface area contributed by atoms with Crippen molar-refractivity contribution in [2.24, 2.45) is 0 Å². The van der Waals surface area contributed by atoms with Gasteiger partial charge in [-0.2, -0.15) is 5.10 Å². The third-order valence-electron chi connectivity index (χ3n) is 1.21. The number of halogens is 1. The van der Waals surface area contributed by atoms with Crippen molar-refractivity contribution in [3.8, 4) is 0 Å². The Morgan fingerprint density at radius 2 is 2.45 bits per heavy atom. The summed E-state index contributed by atoms with van der Waals surface area (Å²) >= 11 is 5.81. The third kappa shape index (κ3) is 2.31. The van der Waals surface area contributed by atoms with Crippen molar-refractivity contribution >= 4 is 17.7 Å². The van der Waals surface area contributed by atoms with Gasteiger partial charge in [-0.25, -0.2) is 0 Å². The highest BCUT2D eigenvalue weighted by Gasteiger charge is 1.94. The molecule has 0 aliphatic carbocycles. The highest BCUT2D eigenvalue weighted by Crippen LogP contribution is 2.12. The molecule has 1 rings (SSSR count). The molecule has 3 heteroatoms. The molecule has 0 bridgehead atoms.